The molecule has 0 spiro atoms. The highest BCUT2D eigenvalue weighted by atomic mass is 32.2. The number of hydrogen-bond donors (Lipinski definition) is 0. The summed E-state index contributed by atoms with van der Waals surface area (Å²) >= 11 is 3.02. The van der Waals surface area contributed by atoms with Crippen LogP contribution in [0, 0.1) is 0 Å². The fourth-order valence-electron chi connectivity index (χ4n) is 2.31. The van der Waals surface area contributed by atoms with Crippen LogP contribution in [0.1, 0.15) is 16.9 Å². The molecule has 1 aliphatic rings. The van der Waals surface area contributed by atoms with Gasteiger partial charge in [0.1, 0.15) is 10.7 Å². The Morgan fingerprint density at radius 1 is 1.43 bits per heavy atom. The Bertz CT molecular complexity index is 749. The maximum absolute atomic E-state index is 12.4. The van der Waals surface area contributed by atoms with Crippen molar-refractivity contribution >= 4 is 38.4 Å². The molecule has 3 rings (SSSR count). The highest BCUT2D eigenvalue weighted by Gasteiger charge is 2.33. The number of rotatable bonds is 3. The van der Waals surface area contributed by atoms with Crippen LogP contribution < -0.4 is 0 Å². The summed E-state index contributed by atoms with van der Waals surface area (Å²) in [5.41, 5.74) is 0.401. The Hall–Kier alpha value is -1.25. The minimum absolute atomic E-state index is 0.180. The van der Waals surface area contributed by atoms with Gasteiger partial charge in [0.15, 0.2) is 9.84 Å². The number of nitrogens with zero attached hydrogens (tertiary/aromatic N) is 2. The van der Waals surface area contributed by atoms with Crippen LogP contribution in [0.5, 0.6) is 0 Å². The summed E-state index contributed by atoms with van der Waals surface area (Å²) in [6.07, 6.45) is 1.73. The lowest BCUT2D eigenvalue weighted by molar-refractivity contribution is 0.0788. The van der Waals surface area contributed by atoms with Gasteiger partial charge in [-0.2, -0.15) is 0 Å². The van der Waals surface area contributed by atoms with Crippen LogP contribution in [0.2, 0.25) is 0 Å². The summed E-state index contributed by atoms with van der Waals surface area (Å²) < 4.78 is 23.1. The number of sulfone groups is 1. The first-order valence-corrected chi connectivity index (χ1v) is 10.1. The summed E-state index contributed by atoms with van der Waals surface area (Å²) in [7, 11) is -3.09. The average Bonchev–Trinajstić information content (AvgIpc) is 3.17. The molecule has 0 saturated carbocycles. The summed E-state index contributed by atoms with van der Waals surface area (Å²) in [4.78, 5) is 19.4. The van der Waals surface area contributed by atoms with Crippen molar-refractivity contribution in [3.63, 3.8) is 0 Å². The van der Waals surface area contributed by atoms with Gasteiger partial charge in [-0.3, -0.25) is 4.79 Å². The van der Waals surface area contributed by atoms with E-state index in [0.717, 1.165) is 9.88 Å². The Morgan fingerprint density at radius 3 is 2.86 bits per heavy atom. The van der Waals surface area contributed by atoms with Crippen LogP contribution in [0.4, 0.5) is 0 Å². The van der Waals surface area contributed by atoms with Crippen LogP contribution >= 0.6 is 22.7 Å². The van der Waals surface area contributed by atoms with Crippen LogP contribution in [-0.2, 0) is 9.84 Å². The van der Waals surface area contributed by atoms with E-state index in [1.54, 1.807) is 21.6 Å². The van der Waals surface area contributed by atoms with E-state index in [2.05, 4.69) is 4.98 Å². The molecule has 112 valence electrons. The van der Waals surface area contributed by atoms with Gasteiger partial charge in [-0.1, -0.05) is 6.07 Å². The van der Waals surface area contributed by atoms with Crippen LogP contribution in [-0.4, -0.2) is 48.8 Å². The molecular weight excluding hydrogens is 328 g/mol. The zero-order chi connectivity index (χ0) is 15.0. The van der Waals surface area contributed by atoms with E-state index in [1.807, 2.05) is 17.5 Å². The van der Waals surface area contributed by atoms with Crippen molar-refractivity contribution in [2.45, 2.75) is 11.7 Å². The van der Waals surface area contributed by atoms with Gasteiger partial charge in [0.25, 0.3) is 5.91 Å². The van der Waals surface area contributed by atoms with Crippen molar-refractivity contribution in [1.82, 2.24) is 9.88 Å². The number of amides is 1. The van der Waals surface area contributed by atoms with Gasteiger partial charge in [-0.15, -0.1) is 22.7 Å². The smallest absolute Gasteiger partial charge is 0.273 e. The molecule has 1 fully saturated rings. The maximum Gasteiger partial charge on any atom is 0.273 e. The standard InChI is InChI=1S/C13H14N2O3S3/c1-21(17,18)9-4-5-15(7-9)13(16)10-8-20-12(14-10)11-3-2-6-19-11/h2-3,6,8-9H,4-5,7H2,1H3. The SMILES string of the molecule is CS(=O)(=O)C1CCN(C(=O)c2csc(-c3cccs3)n2)C1. The fourth-order valence-corrected chi connectivity index (χ4v) is 4.90. The predicted molar refractivity (Wildman–Crippen MR) is 84.6 cm³/mol. The van der Waals surface area contributed by atoms with Crippen molar-refractivity contribution in [2.75, 3.05) is 19.3 Å². The third-order valence-electron chi connectivity index (χ3n) is 3.49. The third kappa shape index (κ3) is 3.02. The lowest BCUT2D eigenvalue weighted by Gasteiger charge is -2.14. The molecule has 1 saturated heterocycles. The molecule has 0 aliphatic carbocycles. The van der Waals surface area contributed by atoms with Gasteiger partial charge in [0, 0.05) is 24.7 Å². The monoisotopic (exact) mass is 342 g/mol. The lowest BCUT2D eigenvalue weighted by atomic mass is 10.4. The van der Waals surface area contributed by atoms with E-state index in [0.29, 0.717) is 18.7 Å². The quantitative estimate of drug-likeness (QED) is 0.857. The number of carbonyl (C=O) groups is 1. The van der Waals surface area contributed by atoms with E-state index in [1.165, 1.54) is 17.6 Å². The second-order valence-corrected chi connectivity index (χ2v) is 9.14. The molecule has 2 aromatic rings. The molecule has 8 heteroatoms. The van der Waals surface area contributed by atoms with Gasteiger partial charge < -0.3 is 4.90 Å². The highest BCUT2D eigenvalue weighted by molar-refractivity contribution is 7.91. The summed E-state index contributed by atoms with van der Waals surface area (Å²) in [5, 5.41) is 4.09. The first kappa shape index (κ1) is 14.7. The first-order chi connectivity index (χ1) is 9.95. The number of carbonyl (C=O) groups excluding carboxylic acids is 1. The van der Waals surface area contributed by atoms with Crippen LogP contribution in [0.25, 0.3) is 9.88 Å². The van der Waals surface area contributed by atoms with Crippen molar-refractivity contribution in [3.05, 3.63) is 28.6 Å². The first-order valence-electron chi connectivity index (χ1n) is 6.42. The van der Waals surface area contributed by atoms with Gasteiger partial charge in [-0.25, -0.2) is 13.4 Å². The Labute approximate surface area is 131 Å². The number of aromatic nitrogens is 1. The maximum atomic E-state index is 12.4. The molecule has 21 heavy (non-hydrogen) atoms. The molecule has 0 bridgehead atoms. The second-order valence-electron chi connectivity index (χ2n) is 5.01. The summed E-state index contributed by atoms with van der Waals surface area (Å²) in [6.45, 7) is 0.742. The van der Waals surface area contributed by atoms with E-state index in [9.17, 15) is 13.2 Å². The molecule has 5 nitrogen and oxygen atoms in total. The van der Waals surface area contributed by atoms with Gasteiger partial charge in [0.05, 0.1) is 10.1 Å². The van der Waals surface area contributed by atoms with E-state index in [-0.39, 0.29) is 12.5 Å². The zero-order valence-corrected chi connectivity index (χ0v) is 13.8. The fraction of sp³-hybridized carbons (Fsp3) is 0.385. The molecule has 1 amide bonds. The number of thiophene rings is 1. The van der Waals surface area contributed by atoms with Crippen molar-refractivity contribution in [1.29, 1.82) is 0 Å². The number of thiazole rings is 1. The Morgan fingerprint density at radius 2 is 2.24 bits per heavy atom. The molecule has 0 aromatic carbocycles. The third-order valence-corrected chi connectivity index (χ3v) is 6.97. The van der Waals surface area contributed by atoms with Crippen molar-refractivity contribution in [2.24, 2.45) is 0 Å². The average molecular weight is 342 g/mol. The van der Waals surface area contributed by atoms with Crippen LogP contribution in [0.3, 0.4) is 0 Å². The predicted octanol–water partition coefficient (Wildman–Crippen LogP) is 2.13. The highest BCUT2D eigenvalue weighted by Crippen LogP contribution is 2.28. The molecule has 1 unspecified atom stereocenters. The summed E-state index contributed by atoms with van der Waals surface area (Å²) in [6, 6.07) is 3.91. The second kappa shape index (κ2) is 5.51. The largest absolute Gasteiger partial charge is 0.336 e. The zero-order valence-electron chi connectivity index (χ0n) is 11.4. The Balaban J connectivity index is 1.75. The summed E-state index contributed by atoms with van der Waals surface area (Å²) in [5.74, 6) is -0.180. The van der Waals surface area contributed by atoms with E-state index in [4.69, 9.17) is 0 Å². The molecule has 3 heterocycles. The molecule has 0 radical (unpaired) electrons. The molecule has 1 aliphatic heterocycles. The molecular formula is C13H14N2O3S3. The van der Waals surface area contributed by atoms with E-state index < -0.39 is 15.1 Å². The Kier molecular flexibility index (Phi) is 3.85. The lowest BCUT2D eigenvalue weighted by Crippen LogP contribution is -2.31. The van der Waals surface area contributed by atoms with Gasteiger partial charge in [-0.05, 0) is 17.9 Å². The normalized spacial score (nSPS) is 19.1. The molecule has 1 atom stereocenters. The minimum Gasteiger partial charge on any atom is -0.336 e. The van der Waals surface area contributed by atoms with E-state index >= 15 is 0 Å². The molecule has 2 aromatic heterocycles. The molecule has 0 N–H and O–H groups in total. The number of likely N-dealkylation sites (tertiary alicyclic amines) is 1. The van der Waals surface area contributed by atoms with Gasteiger partial charge >= 0.3 is 0 Å². The van der Waals surface area contributed by atoms with Crippen LogP contribution in [0.15, 0.2) is 22.9 Å². The minimum atomic E-state index is -3.09. The number of hydrogen-bond acceptors (Lipinski definition) is 6. The van der Waals surface area contributed by atoms with Gasteiger partial charge in [0.2, 0.25) is 0 Å². The van der Waals surface area contributed by atoms with Crippen molar-refractivity contribution in [3.8, 4) is 9.88 Å². The topological polar surface area (TPSA) is 67.3 Å². The van der Waals surface area contributed by atoms with Crippen molar-refractivity contribution < 1.29 is 13.2 Å².